The lowest BCUT2D eigenvalue weighted by Crippen LogP contribution is -2.52. The Bertz CT molecular complexity index is 538. The van der Waals surface area contributed by atoms with Crippen LogP contribution in [0.2, 0.25) is 0 Å². The monoisotopic (exact) mass is 350 g/mol. The third-order valence-electron chi connectivity index (χ3n) is 4.80. The lowest BCUT2D eigenvalue weighted by atomic mass is 10.0. The number of aromatic hydroxyl groups is 1. The number of carbonyl (C=O) groups excluding carboxylic acids is 1. The van der Waals surface area contributed by atoms with Crippen LogP contribution in [0.5, 0.6) is 5.75 Å². The highest BCUT2D eigenvalue weighted by Gasteiger charge is 2.33. The van der Waals surface area contributed by atoms with Gasteiger partial charge in [-0.1, -0.05) is 31.9 Å². The summed E-state index contributed by atoms with van der Waals surface area (Å²) in [6.07, 6.45) is 5.92. The molecule has 0 saturated heterocycles. The molecule has 3 unspecified atom stereocenters. The van der Waals surface area contributed by atoms with Gasteiger partial charge in [-0.2, -0.15) is 11.8 Å². The number of nitrogens with zero attached hydrogens (tertiary/aromatic N) is 1. The lowest BCUT2D eigenvalue weighted by molar-refractivity contribution is -0.131. The van der Waals surface area contributed by atoms with E-state index in [9.17, 15) is 9.90 Å². The van der Waals surface area contributed by atoms with Crippen LogP contribution in [0.4, 0.5) is 0 Å². The second kappa shape index (κ2) is 9.33. The van der Waals surface area contributed by atoms with E-state index >= 15 is 0 Å². The molecule has 134 valence electrons. The summed E-state index contributed by atoms with van der Waals surface area (Å²) in [4.78, 5) is 14.5. The minimum absolute atomic E-state index is 0.0298. The van der Waals surface area contributed by atoms with E-state index in [2.05, 4.69) is 6.92 Å². The van der Waals surface area contributed by atoms with Crippen molar-refractivity contribution in [3.05, 3.63) is 29.8 Å². The molecule has 5 heteroatoms. The number of thioether (sulfide) groups is 1. The Balaban J connectivity index is 2.02. The molecule has 0 aliphatic heterocycles. The van der Waals surface area contributed by atoms with Crippen LogP contribution in [0.25, 0.3) is 0 Å². The molecule has 0 bridgehead atoms. The summed E-state index contributed by atoms with van der Waals surface area (Å²) < 4.78 is 0. The van der Waals surface area contributed by atoms with Crippen LogP contribution < -0.4 is 5.73 Å². The van der Waals surface area contributed by atoms with E-state index < -0.39 is 0 Å². The van der Waals surface area contributed by atoms with Gasteiger partial charge in [0.2, 0.25) is 5.91 Å². The number of likely N-dealkylation sites (N-methyl/N-ethyl adjacent to an activating group) is 1. The number of amides is 1. The van der Waals surface area contributed by atoms with Crippen LogP contribution in [-0.2, 0) is 11.2 Å². The van der Waals surface area contributed by atoms with Gasteiger partial charge in [0.25, 0.3) is 0 Å². The molecule has 1 aromatic rings. The number of hydrogen-bond acceptors (Lipinski definition) is 4. The van der Waals surface area contributed by atoms with Crippen molar-refractivity contribution in [1.82, 2.24) is 4.90 Å². The van der Waals surface area contributed by atoms with Gasteiger partial charge in [0.1, 0.15) is 5.75 Å². The summed E-state index contributed by atoms with van der Waals surface area (Å²) in [6.45, 7) is 2.19. The first kappa shape index (κ1) is 19.1. The molecule has 1 aliphatic carbocycles. The molecule has 4 nitrogen and oxygen atoms in total. The molecule has 1 fully saturated rings. The van der Waals surface area contributed by atoms with Crippen LogP contribution >= 0.6 is 11.8 Å². The van der Waals surface area contributed by atoms with Gasteiger partial charge in [-0.25, -0.2) is 0 Å². The molecule has 0 aromatic heterocycles. The molecule has 0 spiro atoms. The van der Waals surface area contributed by atoms with Gasteiger partial charge in [0, 0.05) is 24.4 Å². The molecule has 3 atom stereocenters. The van der Waals surface area contributed by atoms with Crippen LogP contribution in [0.3, 0.4) is 0 Å². The van der Waals surface area contributed by atoms with Crippen LogP contribution in [0.15, 0.2) is 24.3 Å². The summed E-state index contributed by atoms with van der Waals surface area (Å²) in [5, 5.41) is 10.0. The molecular weight excluding hydrogens is 320 g/mol. The largest absolute Gasteiger partial charge is 0.508 e. The fourth-order valence-corrected chi connectivity index (χ4v) is 4.67. The Labute approximate surface area is 149 Å². The normalized spacial score (nSPS) is 24.4. The van der Waals surface area contributed by atoms with Gasteiger partial charge in [-0.3, -0.25) is 4.79 Å². The number of hydrogen-bond donors (Lipinski definition) is 2. The molecule has 0 radical (unpaired) electrons. The SMILES string of the molecule is CCCSC1CCCCC(N(C)C(=O)Cc2cccc(O)c2)C1N. The highest BCUT2D eigenvalue weighted by molar-refractivity contribution is 7.99. The Morgan fingerprint density at radius 3 is 2.83 bits per heavy atom. The predicted octanol–water partition coefficient (Wildman–Crippen LogP) is 3.17. The second-order valence-electron chi connectivity index (χ2n) is 6.69. The number of nitrogens with two attached hydrogens (primary N) is 1. The first-order chi connectivity index (χ1) is 11.5. The quantitative estimate of drug-likeness (QED) is 0.773. The highest BCUT2D eigenvalue weighted by atomic mass is 32.2. The Morgan fingerprint density at radius 1 is 1.38 bits per heavy atom. The molecule has 24 heavy (non-hydrogen) atoms. The summed E-state index contributed by atoms with van der Waals surface area (Å²) in [5.74, 6) is 1.40. The number of phenols is 1. The molecule has 1 saturated carbocycles. The molecular formula is C19H30N2O2S. The van der Waals surface area contributed by atoms with E-state index in [0.717, 1.165) is 37.0 Å². The first-order valence-electron chi connectivity index (χ1n) is 8.93. The highest BCUT2D eigenvalue weighted by Crippen LogP contribution is 2.29. The van der Waals surface area contributed by atoms with Crippen molar-refractivity contribution >= 4 is 17.7 Å². The fourth-order valence-electron chi connectivity index (χ4n) is 3.40. The standard InChI is InChI=1S/C19H30N2O2S/c1-3-11-24-17-10-5-4-9-16(19(17)20)21(2)18(23)13-14-7-6-8-15(22)12-14/h6-8,12,16-17,19,22H,3-5,9-11,13,20H2,1-2H3. The predicted molar refractivity (Wildman–Crippen MR) is 101 cm³/mol. The average Bonchev–Trinajstić information content (AvgIpc) is 2.74. The fraction of sp³-hybridized carbons (Fsp3) is 0.632. The van der Waals surface area contributed by atoms with Gasteiger partial charge in [0.05, 0.1) is 6.42 Å². The third-order valence-corrected chi connectivity index (χ3v) is 6.43. The van der Waals surface area contributed by atoms with E-state index in [1.165, 1.54) is 6.42 Å². The van der Waals surface area contributed by atoms with Crippen molar-refractivity contribution < 1.29 is 9.90 Å². The van der Waals surface area contributed by atoms with E-state index in [-0.39, 0.29) is 23.7 Å². The minimum atomic E-state index is 0.0298. The smallest absolute Gasteiger partial charge is 0.227 e. The van der Waals surface area contributed by atoms with Crippen molar-refractivity contribution in [2.45, 2.75) is 62.8 Å². The second-order valence-corrected chi connectivity index (χ2v) is 8.04. The zero-order chi connectivity index (χ0) is 17.5. The van der Waals surface area contributed by atoms with Crippen LogP contribution in [0, 0.1) is 0 Å². The average molecular weight is 351 g/mol. The number of benzene rings is 1. The third kappa shape index (κ3) is 5.15. The van der Waals surface area contributed by atoms with Crippen molar-refractivity contribution in [2.24, 2.45) is 5.73 Å². The molecule has 0 heterocycles. The van der Waals surface area contributed by atoms with Gasteiger partial charge < -0.3 is 15.7 Å². The van der Waals surface area contributed by atoms with Gasteiger partial charge in [-0.05, 0) is 42.7 Å². The van der Waals surface area contributed by atoms with Gasteiger partial charge >= 0.3 is 0 Å². The molecule has 2 rings (SSSR count). The topological polar surface area (TPSA) is 66.6 Å². The molecule has 3 N–H and O–H groups in total. The maximum absolute atomic E-state index is 12.7. The van der Waals surface area contributed by atoms with E-state index in [1.807, 2.05) is 29.8 Å². The summed E-state index contributed by atoms with van der Waals surface area (Å²) in [5.41, 5.74) is 7.40. The van der Waals surface area contributed by atoms with E-state index in [1.54, 1.807) is 18.2 Å². The van der Waals surface area contributed by atoms with Gasteiger partial charge in [-0.15, -0.1) is 0 Å². The van der Waals surface area contributed by atoms with Gasteiger partial charge in [0.15, 0.2) is 0 Å². The summed E-state index contributed by atoms with van der Waals surface area (Å²) >= 11 is 1.96. The molecule has 1 amide bonds. The minimum Gasteiger partial charge on any atom is -0.508 e. The zero-order valence-corrected chi connectivity index (χ0v) is 15.6. The Kier molecular flexibility index (Phi) is 7.43. The maximum Gasteiger partial charge on any atom is 0.227 e. The number of rotatable bonds is 6. The maximum atomic E-state index is 12.7. The van der Waals surface area contributed by atoms with E-state index in [4.69, 9.17) is 5.73 Å². The van der Waals surface area contributed by atoms with Crippen molar-refractivity contribution in [3.8, 4) is 5.75 Å². The van der Waals surface area contributed by atoms with Crippen LogP contribution in [0.1, 0.15) is 44.6 Å². The zero-order valence-electron chi connectivity index (χ0n) is 14.8. The number of phenolic OH excluding ortho intramolecular Hbond substituents is 1. The molecule has 1 aromatic carbocycles. The molecule has 1 aliphatic rings. The Hall–Kier alpha value is -1.20. The summed E-state index contributed by atoms with van der Waals surface area (Å²) in [7, 11) is 1.88. The van der Waals surface area contributed by atoms with Crippen molar-refractivity contribution in [3.63, 3.8) is 0 Å². The van der Waals surface area contributed by atoms with E-state index in [0.29, 0.717) is 11.7 Å². The summed E-state index contributed by atoms with van der Waals surface area (Å²) in [6, 6.07) is 7.05. The van der Waals surface area contributed by atoms with Crippen molar-refractivity contribution in [2.75, 3.05) is 12.8 Å². The number of carbonyl (C=O) groups is 1. The van der Waals surface area contributed by atoms with Crippen molar-refractivity contribution in [1.29, 1.82) is 0 Å². The Morgan fingerprint density at radius 2 is 2.12 bits per heavy atom. The lowest BCUT2D eigenvalue weighted by Gasteiger charge is -2.35. The van der Waals surface area contributed by atoms with Crippen LogP contribution in [-0.4, -0.2) is 46.0 Å². The first-order valence-corrected chi connectivity index (χ1v) is 9.98.